The summed E-state index contributed by atoms with van der Waals surface area (Å²) in [6, 6.07) is 5.25. The van der Waals surface area contributed by atoms with E-state index in [2.05, 4.69) is 10.1 Å². The Morgan fingerprint density at radius 3 is 2.83 bits per heavy atom. The Morgan fingerprint density at radius 1 is 1.33 bits per heavy atom. The number of benzene rings is 1. The molecular weight excluding hydrogens is 295 g/mol. The van der Waals surface area contributed by atoms with Crippen LogP contribution in [0.5, 0.6) is 0 Å². The molecule has 2 rings (SSSR count). The summed E-state index contributed by atoms with van der Waals surface area (Å²) in [6.07, 6.45) is 1.75. The van der Waals surface area contributed by atoms with E-state index in [1.807, 2.05) is 6.92 Å². The van der Waals surface area contributed by atoms with E-state index in [4.69, 9.17) is 39.3 Å². The van der Waals surface area contributed by atoms with E-state index in [1.165, 1.54) is 0 Å². The first-order chi connectivity index (χ1) is 8.63. The van der Waals surface area contributed by atoms with Crippen LogP contribution < -0.4 is 0 Å². The third kappa shape index (κ3) is 2.79. The van der Waals surface area contributed by atoms with Gasteiger partial charge in [-0.3, -0.25) is 0 Å². The van der Waals surface area contributed by atoms with E-state index in [0.717, 1.165) is 12.8 Å². The Labute approximate surface area is 120 Å². The lowest BCUT2D eigenvalue weighted by Crippen LogP contribution is -1.92. The average molecular weight is 306 g/mol. The van der Waals surface area contributed by atoms with Gasteiger partial charge in [0.05, 0.1) is 21.0 Å². The van der Waals surface area contributed by atoms with Crippen LogP contribution in [0.3, 0.4) is 0 Å². The van der Waals surface area contributed by atoms with E-state index in [1.54, 1.807) is 18.2 Å². The third-order valence-electron chi connectivity index (χ3n) is 2.45. The predicted molar refractivity (Wildman–Crippen MR) is 73.3 cm³/mol. The fraction of sp³-hybridized carbons (Fsp3) is 0.333. The average Bonchev–Trinajstić information content (AvgIpc) is 2.82. The van der Waals surface area contributed by atoms with Crippen molar-refractivity contribution in [2.45, 2.75) is 25.1 Å². The van der Waals surface area contributed by atoms with Crippen molar-refractivity contribution in [2.24, 2.45) is 0 Å². The monoisotopic (exact) mass is 304 g/mol. The molecule has 1 aromatic carbocycles. The van der Waals surface area contributed by atoms with Crippen LogP contribution >= 0.6 is 34.8 Å². The number of alkyl halides is 1. The van der Waals surface area contributed by atoms with Gasteiger partial charge in [-0.05, 0) is 18.6 Å². The van der Waals surface area contributed by atoms with Gasteiger partial charge in [-0.2, -0.15) is 4.98 Å². The molecule has 18 heavy (non-hydrogen) atoms. The molecule has 0 aliphatic heterocycles. The summed E-state index contributed by atoms with van der Waals surface area (Å²) in [5.74, 6) is 0.809. The highest BCUT2D eigenvalue weighted by Crippen LogP contribution is 2.33. The third-order valence-corrected chi connectivity index (χ3v) is 3.68. The van der Waals surface area contributed by atoms with Crippen LogP contribution in [-0.4, -0.2) is 10.1 Å². The first-order valence-corrected chi connectivity index (χ1v) is 6.74. The summed E-state index contributed by atoms with van der Waals surface area (Å²) < 4.78 is 5.17. The zero-order valence-electron chi connectivity index (χ0n) is 9.66. The van der Waals surface area contributed by atoms with E-state index in [0.29, 0.717) is 27.3 Å². The van der Waals surface area contributed by atoms with Crippen LogP contribution in [0, 0.1) is 0 Å². The second-order valence-electron chi connectivity index (χ2n) is 3.82. The molecule has 1 heterocycles. The number of aromatic nitrogens is 2. The predicted octanol–water partition coefficient (Wildman–Crippen LogP) is 5.12. The van der Waals surface area contributed by atoms with Crippen molar-refractivity contribution in [1.82, 2.24) is 10.1 Å². The van der Waals surface area contributed by atoms with Gasteiger partial charge in [-0.15, -0.1) is 11.6 Å². The maximum atomic E-state index is 6.13. The van der Waals surface area contributed by atoms with Crippen molar-refractivity contribution in [1.29, 1.82) is 0 Å². The minimum Gasteiger partial charge on any atom is -0.334 e. The van der Waals surface area contributed by atoms with Crippen molar-refractivity contribution in [3.8, 4) is 11.5 Å². The van der Waals surface area contributed by atoms with Gasteiger partial charge in [0, 0.05) is 0 Å². The van der Waals surface area contributed by atoms with Crippen molar-refractivity contribution in [3.05, 3.63) is 34.1 Å². The molecule has 0 saturated carbocycles. The molecule has 6 heteroatoms. The van der Waals surface area contributed by atoms with Crippen LogP contribution in [0.25, 0.3) is 11.5 Å². The largest absolute Gasteiger partial charge is 0.334 e. The minimum absolute atomic E-state index is 0.245. The molecule has 0 amide bonds. The normalized spacial score (nSPS) is 12.7. The zero-order valence-corrected chi connectivity index (χ0v) is 11.9. The maximum absolute atomic E-state index is 6.13. The van der Waals surface area contributed by atoms with Crippen molar-refractivity contribution >= 4 is 34.8 Å². The number of hydrogen-bond acceptors (Lipinski definition) is 3. The molecule has 2 aromatic rings. The van der Waals surface area contributed by atoms with Gasteiger partial charge in [0.2, 0.25) is 0 Å². The molecule has 0 N–H and O–H groups in total. The van der Waals surface area contributed by atoms with Crippen LogP contribution in [-0.2, 0) is 0 Å². The lowest BCUT2D eigenvalue weighted by molar-refractivity contribution is 0.420. The van der Waals surface area contributed by atoms with Gasteiger partial charge in [0.15, 0.2) is 5.82 Å². The molecular formula is C12H11Cl3N2O. The molecule has 3 nitrogen and oxygen atoms in total. The highest BCUT2D eigenvalue weighted by molar-refractivity contribution is 6.43. The molecule has 0 aliphatic rings. The molecule has 1 unspecified atom stereocenters. The Bertz CT molecular complexity index is 542. The molecule has 0 aliphatic carbocycles. The summed E-state index contributed by atoms with van der Waals surface area (Å²) in [6.45, 7) is 2.05. The standard InChI is InChI=1S/C12H11Cl3N2O/c1-2-4-9(14)11-16-12(18-17-11)7-5-3-6-8(13)10(7)15/h3,5-6,9H,2,4H2,1H3. The Morgan fingerprint density at radius 2 is 2.11 bits per heavy atom. The molecule has 0 fully saturated rings. The van der Waals surface area contributed by atoms with E-state index in [-0.39, 0.29) is 5.38 Å². The Hall–Kier alpha value is -0.770. The van der Waals surface area contributed by atoms with Crippen LogP contribution in [0.4, 0.5) is 0 Å². The fourth-order valence-corrected chi connectivity index (χ4v) is 2.21. The lowest BCUT2D eigenvalue weighted by atomic mass is 10.2. The number of halogens is 3. The summed E-state index contributed by atoms with van der Waals surface area (Å²) in [5, 5.41) is 4.47. The molecule has 0 saturated heterocycles. The molecule has 0 spiro atoms. The fourth-order valence-electron chi connectivity index (χ4n) is 1.52. The van der Waals surface area contributed by atoms with Gasteiger partial charge in [-0.1, -0.05) is 47.8 Å². The quantitative estimate of drug-likeness (QED) is 0.736. The lowest BCUT2D eigenvalue weighted by Gasteiger charge is -2.01. The molecule has 96 valence electrons. The minimum atomic E-state index is -0.245. The summed E-state index contributed by atoms with van der Waals surface area (Å²) in [4.78, 5) is 4.25. The summed E-state index contributed by atoms with van der Waals surface area (Å²) in [5.41, 5.74) is 0.614. The van der Waals surface area contributed by atoms with E-state index < -0.39 is 0 Å². The number of hydrogen-bond donors (Lipinski definition) is 0. The topological polar surface area (TPSA) is 38.9 Å². The Balaban J connectivity index is 2.32. The van der Waals surface area contributed by atoms with Gasteiger partial charge in [0.25, 0.3) is 5.89 Å². The number of rotatable bonds is 4. The van der Waals surface area contributed by atoms with Crippen molar-refractivity contribution < 1.29 is 4.52 Å². The Kier molecular flexibility index (Phi) is 4.49. The van der Waals surface area contributed by atoms with Gasteiger partial charge < -0.3 is 4.52 Å². The first-order valence-electron chi connectivity index (χ1n) is 5.55. The van der Waals surface area contributed by atoms with Gasteiger partial charge in [-0.25, -0.2) is 0 Å². The molecule has 0 radical (unpaired) electrons. The highest BCUT2D eigenvalue weighted by atomic mass is 35.5. The summed E-state index contributed by atoms with van der Waals surface area (Å²) >= 11 is 18.2. The van der Waals surface area contributed by atoms with Crippen LogP contribution in [0.1, 0.15) is 31.0 Å². The van der Waals surface area contributed by atoms with Crippen LogP contribution in [0.2, 0.25) is 10.0 Å². The van der Waals surface area contributed by atoms with E-state index >= 15 is 0 Å². The smallest absolute Gasteiger partial charge is 0.259 e. The van der Waals surface area contributed by atoms with E-state index in [9.17, 15) is 0 Å². The second kappa shape index (κ2) is 5.91. The first kappa shape index (κ1) is 13.7. The van der Waals surface area contributed by atoms with Gasteiger partial charge >= 0.3 is 0 Å². The molecule has 0 bridgehead atoms. The SMILES string of the molecule is CCCC(Cl)c1noc(-c2cccc(Cl)c2Cl)n1. The molecule has 1 aromatic heterocycles. The van der Waals surface area contributed by atoms with Gasteiger partial charge in [0.1, 0.15) is 0 Å². The molecule has 1 atom stereocenters. The number of nitrogens with zero attached hydrogens (tertiary/aromatic N) is 2. The highest BCUT2D eigenvalue weighted by Gasteiger charge is 2.18. The maximum Gasteiger partial charge on any atom is 0.259 e. The zero-order chi connectivity index (χ0) is 13.1. The van der Waals surface area contributed by atoms with Crippen molar-refractivity contribution in [2.75, 3.05) is 0 Å². The van der Waals surface area contributed by atoms with Crippen LogP contribution in [0.15, 0.2) is 22.7 Å². The summed E-state index contributed by atoms with van der Waals surface area (Å²) in [7, 11) is 0. The van der Waals surface area contributed by atoms with Crippen molar-refractivity contribution in [3.63, 3.8) is 0 Å². The second-order valence-corrected chi connectivity index (χ2v) is 5.13.